The first kappa shape index (κ1) is 12.3. The SMILES string of the molecule is CCCCOC(=O)NCc1cnc(Cl)s1. The van der Waals surface area contributed by atoms with Crippen LogP contribution in [-0.4, -0.2) is 17.7 Å². The van der Waals surface area contributed by atoms with E-state index in [2.05, 4.69) is 10.3 Å². The number of carbonyl (C=O) groups excluding carboxylic acids is 1. The lowest BCUT2D eigenvalue weighted by Crippen LogP contribution is -2.23. The number of unbranched alkanes of at least 4 members (excludes halogenated alkanes) is 1. The molecular formula is C9H13ClN2O2S. The molecule has 0 aliphatic carbocycles. The molecule has 84 valence electrons. The number of hydrogen-bond donors (Lipinski definition) is 1. The second-order valence-corrected chi connectivity index (χ2v) is 4.62. The van der Waals surface area contributed by atoms with Gasteiger partial charge in [-0.2, -0.15) is 0 Å². The summed E-state index contributed by atoms with van der Waals surface area (Å²) < 4.78 is 5.39. The highest BCUT2D eigenvalue weighted by molar-refractivity contribution is 7.15. The maximum absolute atomic E-state index is 11.1. The second kappa shape index (κ2) is 6.63. The molecule has 0 atom stereocenters. The summed E-state index contributed by atoms with van der Waals surface area (Å²) in [7, 11) is 0. The highest BCUT2D eigenvalue weighted by Crippen LogP contribution is 2.17. The molecule has 4 nitrogen and oxygen atoms in total. The van der Waals surface area contributed by atoms with Crippen LogP contribution in [0.5, 0.6) is 0 Å². The van der Waals surface area contributed by atoms with Crippen LogP contribution in [0.2, 0.25) is 4.47 Å². The van der Waals surface area contributed by atoms with Crippen molar-refractivity contribution in [3.63, 3.8) is 0 Å². The summed E-state index contributed by atoms with van der Waals surface area (Å²) >= 11 is 6.98. The van der Waals surface area contributed by atoms with Crippen molar-refractivity contribution in [3.8, 4) is 0 Å². The Bertz CT molecular complexity index is 317. The van der Waals surface area contributed by atoms with Gasteiger partial charge >= 0.3 is 6.09 Å². The van der Waals surface area contributed by atoms with Gasteiger partial charge in [0.15, 0.2) is 4.47 Å². The Kier molecular flexibility index (Phi) is 5.42. The predicted molar refractivity (Wildman–Crippen MR) is 60.2 cm³/mol. The monoisotopic (exact) mass is 248 g/mol. The Morgan fingerprint density at radius 1 is 1.73 bits per heavy atom. The van der Waals surface area contributed by atoms with Crippen LogP contribution in [0.4, 0.5) is 4.79 Å². The van der Waals surface area contributed by atoms with E-state index in [1.165, 1.54) is 11.3 Å². The van der Waals surface area contributed by atoms with E-state index in [4.69, 9.17) is 16.3 Å². The Morgan fingerprint density at radius 2 is 2.53 bits per heavy atom. The van der Waals surface area contributed by atoms with Gasteiger partial charge in [0.25, 0.3) is 0 Å². The summed E-state index contributed by atoms with van der Waals surface area (Å²) in [6, 6.07) is 0. The fraction of sp³-hybridized carbons (Fsp3) is 0.556. The molecule has 1 aromatic heterocycles. The van der Waals surface area contributed by atoms with Crippen molar-refractivity contribution < 1.29 is 9.53 Å². The first-order chi connectivity index (χ1) is 7.22. The van der Waals surface area contributed by atoms with Crippen molar-refractivity contribution in [2.75, 3.05) is 6.61 Å². The summed E-state index contributed by atoms with van der Waals surface area (Å²) in [5.41, 5.74) is 0. The molecule has 0 saturated carbocycles. The molecule has 1 aromatic rings. The number of thiazole rings is 1. The van der Waals surface area contributed by atoms with Gasteiger partial charge in [-0.15, -0.1) is 11.3 Å². The zero-order valence-corrected chi connectivity index (χ0v) is 10.0. The Hall–Kier alpha value is -0.810. The van der Waals surface area contributed by atoms with E-state index >= 15 is 0 Å². The van der Waals surface area contributed by atoms with Gasteiger partial charge in [0, 0.05) is 11.1 Å². The average Bonchev–Trinajstić information content (AvgIpc) is 2.62. The standard InChI is InChI=1S/C9H13ClN2O2S/c1-2-3-4-14-9(13)12-6-7-5-11-8(10)15-7/h5H,2-4,6H2,1H3,(H,12,13). The van der Waals surface area contributed by atoms with Gasteiger partial charge in [-0.1, -0.05) is 24.9 Å². The molecule has 0 fully saturated rings. The lowest BCUT2D eigenvalue weighted by molar-refractivity contribution is 0.144. The van der Waals surface area contributed by atoms with Gasteiger partial charge < -0.3 is 10.1 Å². The highest BCUT2D eigenvalue weighted by atomic mass is 35.5. The Balaban J connectivity index is 2.16. The van der Waals surface area contributed by atoms with E-state index in [1.807, 2.05) is 6.92 Å². The van der Waals surface area contributed by atoms with Crippen molar-refractivity contribution >= 4 is 29.0 Å². The molecule has 0 saturated heterocycles. The number of rotatable bonds is 5. The number of alkyl carbamates (subject to hydrolysis) is 1. The maximum Gasteiger partial charge on any atom is 0.407 e. The molecule has 15 heavy (non-hydrogen) atoms. The minimum absolute atomic E-state index is 0.395. The molecule has 0 spiro atoms. The minimum atomic E-state index is -0.395. The number of nitrogens with one attached hydrogen (secondary N) is 1. The van der Waals surface area contributed by atoms with Crippen LogP contribution < -0.4 is 5.32 Å². The van der Waals surface area contributed by atoms with Crippen molar-refractivity contribution in [2.45, 2.75) is 26.3 Å². The number of ether oxygens (including phenoxy) is 1. The number of hydrogen-bond acceptors (Lipinski definition) is 4. The largest absolute Gasteiger partial charge is 0.450 e. The van der Waals surface area contributed by atoms with Crippen LogP contribution >= 0.6 is 22.9 Å². The van der Waals surface area contributed by atoms with Gasteiger partial charge in [-0.3, -0.25) is 0 Å². The van der Waals surface area contributed by atoms with E-state index in [9.17, 15) is 4.79 Å². The smallest absolute Gasteiger partial charge is 0.407 e. The van der Waals surface area contributed by atoms with Gasteiger partial charge in [0.1, 0.15) is 0 Å². The first-order valence-corrected chi connectivity index (χ1v) is 5.92. The molecule has 1 N–H and O–H groups in total. The van der Waals surface area contributed by atoms with E-state index in [0.717, 1.165) is 17.7 Å². The van der Waals surface area contributed by atoms with Gasteiger partial charge in [-0.25, -0.2) is 9.78 Å². The third-order valence-corrected chi connectivity index (χ3v) is 2.78. The van der Waals surface area contributed by atoms with Crippen LogP contribution in [0, 0.1) is 0 Å². The van der Waals surface area contributed by atoms with E-state index in [0.29, 0.717) is 17.6 Å². The average molecular weight is 249 g/mol. The molecule has 0 bridgehead atoms. The topological polar surface area (TPSA) is 51.2 Å². The molecule has 0 unspecified atom stereocenters. The van der Waals surface area contributed by atoms with Crippen LogP contribution in [-0.2, 0) is 11.3 Å². The molecule has 0 aromatic carbocycles. The maximum atomic E-state index is 11.1. The van der Waals surface area contributed by atoms with Crippen molar-refractivity contribution in [2.24, 2.45) is 0 Å². The van der Waals surface area contributed by atoms with Gasteiger partial charge in [0.2, 0.25) is 0 Å². The molecule has 0 radical (unpaired) electrons. The predicted octanol–water partition coefficient (Wildman–Crippen LogP) is 2.82. The normalized spacial score (nSPS) is 10.0. The molecule has 0 aliphatic rings. The summed E-state index contributed by atoms with van der Waals surface area (Å²) in [6.07, 6.45) is 3.14. The number of carbonyl (C=O) groups is 1. The van der Waals surface area contributed by atoms with Gasteiger partial charge in [-0.05, 0) is 6.42 Å². The lowest BCUT2D eigenvalue weighted by atomic mass is 10.4. The number of aromatic nitrogens is 1. The summed E-state index contributed by atoms with van der Waals surface area (Å²) in [5, 5.41) is 2.62. The lowest BCUT2D eigenvalue weighted by Gasteiger charge is -2.04. The highest BCUT2D eigenvalue weighted by Gasteiger charge is 2.03. The Morgan fingerprint density at radius 3 is 3.13 bits per heavy atom. The van der Waals surface area contributed by atoms with E-state index < -0.39 is 6.09 Å². The quantitative estimate of drug-likeness (QED) is 0.816. The molecule has 1 heterocycles. The number of halogens is 1. The first-order valence-electron chi connectivity index (χ1n) is 4.73. The second-order valence-electron chi connectivity index (χ2n) is 2.92. The zero-order chi connectivity index (χ0) is 11.1. The Labute approximate surface area is 97.6 Å². The van der Waals surface area contributed by atoms with Crippen molar-refractivity contribution in [3.05, 3.63) is 15.5 Å². The molecule has 1 amide bonds. The summed E-state index contributed by atoms with van der Waals surface area (Å²) in [5.74, 6) is 0. The van der Waals surface area contributed by atoms with Crippen LogP contribution in [0.25, 0.3) is 0 Å². The molecule has 1 rings (SSSR count). The van der Waals surface area contributed by atoms with Crippen LogP contribution in [0.1, 0.15) is 24.6 Å². The summed E-state index contributed by atoms with van der Waals surface area (Å²) in [4.78, 5) is 15.9. The van der Waals surface area contributed by atoms with Gasteiger partial charge in [0.05, 0.1) is 13.2 Å². The van der Waals surface area contributed by atoms with Crippen molar-refractivity contribution in [1.29, 1.82) is 0 Å². The van der Waals surface area contributed by atoms with E-state index in [1.54, 1.807) is 6.20 Å². The van der Waals surface area contributed by atoms with Crippen molar-refractivity contribution in [1.82, 2.24) is 10.3 Å². The number of amides is 1. The van der Waals surface area contributed by atoms with Crippen LogP contribution in [0.3, 0.4) is 0 Å². The number of nitrogens with zero attached hydrogens (tertiary/aromatic N) is 1. The minimum Gasteiger partial charge on any atom is -0.450 e. The third-order valence-electron chi connectivity index (χ3n) is 1.66. The van der Waals surface area contributed by atoms with E-state index in [-0.39, 0.29) is 0 Å². The molecule has 6 heteroatoms. The fourth-order valence-corrected chi connectivity index (χ4v) is 1.80. The van der Waals surface area contributed by atoms with Crippen LogP contribution in [0.15, 0.2) is 6.20 Å². The summed E-state index contributed by atoms with van der Waals surface area (Å²) in [6.45, 7) is 2.92. The fourth-order valence-electron chi connectivity index (χ4n) is 0.885. The zero-order valence-electron chi connectivity index (χ0n) is 8.46. The molecule has 0 aliphatic heterocycles. The molecular weight excluding hydrogens is 236 g/mol. The third kappa shape index (κ3) is 4.99.